The third-order valence-electron chi connectivity index (χ3n) is 2.24. The van der Waals surface area contributed by atoms with Gasteiger partial charge < -0.3 is 5.32 Å². The Morgan fingerprint density at radius 2 is 2.06 bits per heavy atom. The lowest BCUT2D eigenvalue weighted by Gasteiger charge is -2.07. The molecule has 0 spiro atoms. The van der Waals surface area contributed by atoms with Crippen LogP contribution in [0.2, 0.25) is 5.02 Å². The number of benzene rings is 1. The Morgan fingerprint density at radius 3 is 2.78 bits per heavy atom. The summed E-state index contributed by atoms with van der Waals surface area (Å²) in [7, 11) is 0. The molecule has 0 radical (unpaired) electrons. The number of nitrogens with zero attached hydrogens (tertiary/aromatic N) is 1. The van der Waals surface area contributed by atoms with Crippen LogP contribution in [-0.2, 0) is 0 Å². The Kier molecular flexibility index (Phi) is 5.35. The zero-order valence-corrected chi connectivity index (χ0v) is 12.7. The molecule has 94 valence electrons. The number of thioether (sulfide) groups is 1. The van der Waals surface area contributed by atoms with Gasteiger partial charge in [0, 0.05) is 28.7 Å². The van der Waals surface area contributed by atoms with Gasteiger partial charge in [-0.15, -0.1) is 11.8 Å². The minimum atomic E-state index is 0.672. The van der Waals surface area contributed by atoms with Gasteiger partial charge in [-0.25, -0.2) is 4.98 Å². The standard InChI is InChI=1S/C13H12BrClN2S/c14-11-3-1-2-4-12(11)16-7-8-18-13-6-5-10(15)9-17-13/h1-6,9,16H,7-8H2. The molecule has 0 atom stereocenters. The minimum absolute atomic E-state index is 0.672. The highest BCUT2D eigenvalue weighted by Gasteiger charge is 1.98. The van der Waals surface area contributed by atoms with Gasteiger partial charge in [-0.2, -0.15) is 0 Å². The number of aromatic nitrogens is 1. The average molecular weight is 344 g/mol. The first-order valence-electron chi connectivity index (χ1n) is 5.48. The number of rotatable bonds is 5. The molecule has 2 nitrogen and oxygen atoms in total. The third-order valence-corrected chi connectivity index (χ3v) is 4.10. The van der Waals surface area contributed by atoms with E-state index in [1.165, 1.54) is 0 Å². The van der Waals surface area contributed by atoms with E-state index in [2.05, 4.69) is 32.3 Å². The first kappa shape index (κ1) is 13.7. The van der Waals surface area contributed by atoms with Gasteiger partial charge in [0.2, 0.25) is 0 Å². The van der Waals surface area contributed by atoms with Gasteiger partial charge in [-0.3, -0.25) is 0 Å². The molecule has 0 amide bonds. The van der Waals surface area contributed by atoms with Crippen LogP contribution >= 0.6 is 39.3 Å². The number of hydrogen-bond donors (Lipinski definition) is 1. The van der Waals surface area contributed by atoms with Crippen LogP contribution < -0.4 is 5.32 Å². The van der Waals surface area contributed by atoms with E-state index in [1.807, 2.05) is 30.3 Å². The van der Waals surface area contributed by atoms with Gasteiger partial charge in [0.25, 0.3) is 0 Å². The molecule has 1 N–H and O–H groups in total. The SMILES string of the molecule is Clc1ccc(SCCNc2ccccc2Br)nc1. The Morgan fingerprint density at radius 1 is 1.22 bits per heavy atom. The Hall–Kier alpha value is -0.710. The second-order valence-corrected chi connectivity index (χ2v) is 5.98. The molecular weight excluding hydrogens is 332 g/mol. The highest BCUT2D eigenvalue weighted by Crippen LogP contribution is 2.22. The minimum Gasteiger partial charge on any atom is -0.383 e. The van der Waals surface area contributed by atoms with E-state index < -0.39 is 0 Å². The fraction of sp³-hybridized carbons (Fsp3) is 0.154. The summed E-state index contributed by atoms with van der Waals surface area (Å²) in [5.74, 6) is 0.954. The van der Waals surface area contributed by atoms with E-state index in [-0.39, 0.29) is 0 Å². The van der Waals surface area contributed by atoms with Crippen molar-refractivity contribution in [2.45, 2.75) is 5.03 Å². The van der Waals surface area contributed by atoms with Crippen LogP contribution in [0.4, 0.5) is 5.69 Å². The van der Waals surface area contributed by atoms with E-state index in [0.717, 1.165) is 27.5 Å². The van der Waals surface area contributed by atoms with Crippen LogP contribution in [0.25, 0.3) is 0 Å². The van der Waals surface area contributed by atoms with Crippen molar-refractivity contribution in [3.05, 3.63) is 52.1 Å². The maximum atomic E-state index is 5.78. The molecule has 0 fully saturated rings. The van der Waals surface area contributed by atoms with Crippen molar-refractivity contribution in [3.63, 3.8) is 0 Å². The zero-order valence-electron chi connectivity index (χ0n) is 9.57. The van der Waals surface area contributed by atoms with Gasteiger partial charge >= 0.3 is 0 Å². The fourth-order valence-electron chi connectivity index (χ4n) is 1.39. The molecule has 1 aromatic carbocycles. The predicted molar refractivity (Wildman–Crippen MR) is 82.6 cm³/mol. The zero-order chi connectivity index (χ0) is 12.8. The van der Waals surface area contributed by atoms with Crippen molar-refractivity contribution < 1.29 is 0 Å². The van der Waals surface area contributed by atoms with Gasteiger partial charge in [-0.1, -0.05) is 23.7 Å². The van der Waals surface area contributed by atoms with E-state index in [4.69, 9.17) is 11.6 Å². The molecule has 18 heavy (non-hydrogen) atoms. The van der Waals surface area contributed by atoms with Crippen molar-refractivity contribution in [3.8, 4) is 0 Å². The molecule has 1 heterocycles. The summed E-state index contributed by atoms with van der Waals surface area (Å²) in [4.78, 5) is 4.23. The molecule has 5 heteroatoms. The number of pyridine rings is 1. The summed E-state index contributed by atoms with van der Waals surface area (Å²) >= 11 is 11.0. The molecule has 0 aliphatic rings. The first-order chi connectivity index (χ1) is 8.75. The summed E-state index contributed by atoms with van der Waals surface area (Å²) in [6, 6.07) is 11.9. The van der Waals surface area contributed by atoms with Gasteiger partial charge in [-0.05, 0) is 40.2 Å². The number of anilines is 1. The van der Waals surface area contributed by atoms with Gasteiger partial charge in [0.15, 0.2) is 0 Å². The van der Waals surface area contributed by atoms with Crippen LogP contribution in [0.5, 0.6) is 0 Å². The molecule has 1 aromatic heterocycles. The Bertz CT molecular complexity index is 505. The molecule has 0 bridgehead atoms. The number of halogens is 2. The summed E-state index contributed by atoms with van der Waals surface area (Å²) in [6.45, 7) is 0.886. The molecule has 0 saturated heterocycles. The van der Waals surface area contributed by atoms with Crippen molar-refractivity contribution in [2.24, 2.45) is 0 Å². The number of nitrogens with one attached hydrogen (secondary N) is 1. The van der Waals surface area contributed by atoms with Crippen LogP contribution in [0.3, 0.4) is 0 Å². The van der Waals surface area contributed by atoms with Crippen molar-refractivity contribution in [2.75, 3.05) is 17.6 Å². The van der Waals surface area contributed by atoms with E-state index in [9.17, 15) is 0 Å². The fourth-order valence-corrected chi connectivity index (χ4v) is 2.64. The monoisotopic (exact) mass is 342 g/mol. The van der Waals surface area contributed by atoms with Crippen molar-refractivity contribution in [1.29, 1.82) is 0 Å². The Labute approximate surface area is 124 Å². The van der Waals surface area contributed by atoms with Crippen molar-refractivity contribution >= 4 is 45.0 Å². The lowest BCUT2D eigenvalue weighted by Crippen LogP contribution is -2.04. The summed E-state index contributed by atoms with van der Waals surface area (Å²) < 4.78 is 1.08. The van der Waals surface area contributed by atoms with Crippen LogP contribution in [0, 0.1) is 0 Å². The molecule has 0 saturated carbocycles. The molecule has 2 aromatic rings. The largest absolute Gasteiger partial charge is 0.383 e. The van der Waals surface area contributed by atoms with E-state index >= 15 is 0 Å². The molecule has 0 aliphatic heterocycles. The van der Waals surface area contributed by atoms with E-state index in [1.54, 1.807) is 18.0 Å². The van der Waals surface area contributed by atoms with Crippen LogP contribution in [0.15, 0.2) is 52.1 Å². The lowest BCUT2D eigenvalue weighted by atomic mass is 10.3. The maximum absolute atomic E-state index is 5.78. The summed E-state index contributed by atoms with van der Waals surface area (Å²) in [5, 5.41) is 5.04. The molecule has 0 aliphatic carbocycles. The van der Waals surface area contributed by atoms with Crippen molar-refractivity contribution in [1.82, 2.24) is 4.98 Å². The van der Waals surface area contributed by atoms with Crippen LogP contribution in [-0.4, -0.2) is 17.3 Å². The lowest BCUT2D eigenvalue weighted by molar-refractivity contribution is 1.12. The first-order valence-corrected chi connectivity index (χ1v) is 7.64. The van der Waals surface area contributed by atoms with Gasteiger partial charge in [0.05, 0.1) is 10.0 Å². The molecular formula is C13H12BrClN2S. The van der Waals surface area contributed by atoms with Crippen LogP contribution in [0.1, 0.15) is 0 Å². The second kappa shape index (κ2) is 7.02. The average Bonchev–Trinajstić information content (AvgIpc) is 2.39. The normalized spacial score (nSPS) is 10.3. The van der Waals surface area contributed by atoms with Gasteiger partial charge in [0.1, 0.15) is 0 Å². The molecule has 0 unspecified atom stereocenters. The maximum Gasteiger partial charge on any atom is 0.0961 e. The predicted octanol–water partition coefficient (Wildman–Crippen LogP) is 4.70. The second-order valence-electron chi connectivity index (χ2n) is 3.57. The number of hydrogen-bond acceptors (Lipinski definition) is 3. The summed E-state index contributed by atoms with van der Waals surface area (Å²) in [6.07, 6.45) is 1.67. The third kappa shape index (κ3) is 4.19. The number of para-hydroxylation sites is 1. The smallest absolute Gasteiger partial charge is 0.0961 e. The highest BCUT2D eigenvalue weighted by molar-refractivity contribution is 9.10. The molecule has 2 rings (SSSR count). The summed E-state index contributed by atoms with van der Waals surface area (Å²) in [5.41, 5.74) is 1.11. The topological polar surface area (TPSA) is 24.9 Å². The highest BCUT2D eigenvalue weighted by atomic mass is 79.9. The Balaban J connectivity index is 1.76. The van der Waals surface area contributed by atoms with E-state index in [0.29, 0.717) is 5.02 Å². The quantitative estimate of drug-likeness (QED) is 0.629.